The molecule has 0 aliphatic heterocycles. The lowest BCUT2D eigenvalue weighted by Gasteiger charge is -2.09. The third-order valence-electron chi connectivity index (χ3n) is 3.08. The van der Waals surface area contributed by atoms with Gasteiger partial charge < -0.3 is 5.73 Å². The van der Waals surface area contributed by atoms with Crippen molar-refractivity contribution in [3.05, 3.63) is 34.2 Å². The molecular formula is C11H12BrN3. The fraction of sp³-hybridized carbons (Fsp3) is 0.364. The Labute approximate surface area is 96.4 Å². The summed E-state index contributed by atoms with van der Waals surface area (Å²) in [5.74, 6) is 0. The van der Waals surface area contributed by atoms with Crippen LogP contribution >= 0.6 is 15.9 Å². The van der Waals surface area contributed by atoms with Crippen LogP contribution in [0.15, 0.2) is 22.9 Å². The Kier molecular flexibility index (Phi) is 1.77. The van der Waals surface area contributed by atoms with Gasteiger partial charge in [0.15, 0.2) is 0 Å². The molecule has 0 spiro atoms. The summed E-state index contributed by atoms with van der Waals surface area (Å²) >= 11 is 3.53. The van der Waals surface area contributed by atoms with E-state index in [9.17, 15) is 0 Å². The van der Waals surface area contributed by atoms with Crippen LogP contribution in [-0.4, -0.2) is 9.38 Å². The first-order valence-corrected chi connectivity index (χ1v) is 5.84. The Bertz CT molecular complexity index is 540. The average molecular weight is 266 g/mol. The van der Waals surface area contributed by atoms with Crippen molar-refractivity contribution in [3.8, 4) is 0 Å². The Balaban J connectivity index is 2.36. The first-order chi connectivity index (χ1) is 7.12. The lowest BCUT2D eigenvalue weighted by molar-refractivity contribution is 0.740. The number of pyridine rings is 1. The van der Waals surface area contributed by atoms with E-state index in [0.717, 1.165) is 28.8 Å². The Morgan fingerprint density at radius 2 is 2.27 bits per heavy atom. The molecule has 1 aliphatic rings. The van der Waals surface area contributed by atoms with Gasteiger partial charge in [0.1, 0.15) is 10.3 Å². The lowest BCUT2D eigenvalue weighted by Crippen LogP contribution is -2.19. The Hall–Kier alpha value is -0.870. The van der Waals surface area contributed by atoms with E-state index < -0.39 is 0 Å². The fourth-order valence-electron chi connectivity index (χ4n) is 1.94. The maximum Gasteiger partial charge on any atom is 0.143 e. The van der Waals surface area contributed by atoms with Gasteiger partial charge in [-0.05, 0) is 41.8 Å². The summed E-state index contributed by atoms with van der Waals surface area (Å²) in [6, 6.07) is 4.11. The second kappa shape index (κ2) is 2.83. The number of nitrogens with zero attached hydrogens (tertiary/aromatic N) is 2. The fourth-order valence-corrected chi connectivity index (χ4v) is 2.32. The molecule has 0 unspecified atom stereocenters. The van der Waals surface area contributed by atoms with E-state index in [1.807, 2.05) is 19.2 Å². The minimum atomic E-state index is -0.125. The molecule has 0 radical (unpaired) electrons. The second-order valence-electron chi connectivity index (χ2n) is 4.26. The first-order valence-electron chi connectivity index (χ1n) is 5.04. The van der Waals surface area contributed by atoms with Crippen molar-refractivity contribution in [2.45, 2.75) is 25.3 Å². The summed E-state index contributed by atoms with van der Waals surface area (Å²) in [6.07, 6.45) is 4.14. The number of rotatable bonds is 1. The van der Waals surface area contributed by atoms with Crippen LogP contribution in [0.1, 0.15) is 24.1 Å². The van der Waals surface area contributed by atoms with Gasteiger partial charge in [-0.15, -0.1) is 0 Å². The molecule has 2 aromatic heterocycles. The molecule has 0 saturated heterocycles. The quantitative estimate of drug-likeness (QED) is 0.861. The molecule has 2 aromatic rings. The topological polar surface area (TPSA) is 43.3 Å². The molecule has 0 atom stereocenters. The number of imidazole rings is 1. The molecule has 1 aliphatic carbocycles. The largest absolute Gasteiger partial charge is 0.321 e. The third-order valence-corrected chi connectivity index (χ3v) is 4.03. The summed E-state index contributed by atoms with van der Waals surface area (Å²) < 4.78 is 3.07. The van der Waals surface area contributed by atoms with Gasteiger partial charge in [0.05, 0.1) is 5.69 Å². The van der Waals surface area contributed by atoms with E-state index >= 15 is 0 Å². The van der Waals surface area contributed by atoms with Crippen LogP contribution in [0.25, 0.3) is 5.65 Å². The monoisotopic (exact) mass is 265 g/mol. The van der Waals surface area contributed by atoms with E-state index in [1.54, 1.807) is 0 Å². The summed E-state index contributed by atoms with van der Waals surface area (Å²) in [5, 5.41) is 0. The van der Waals surface area contributed by atoms with Crippen molar-refractivity contribution in [1.82, 2.24) is 9.38 Å². The molecule has 2 heterocycles. The Morgan fingerprint density at radius 1 is 1.53 bits per heavy atom. The van der Waals surface area contributed by atoms with Crippen LogP contribution in [0, 0.1) is 6.92 Å². The molecule has 3 nitrogen and oxygen atoms in total. The molecule has 1 fully saturated rings. The number of halogens is 1. The molecule has 15 heavy (non-hydrogen) atoms. The van der Waals surface area contributed by atoms with Gasteiger partial charge in [0.2, 0.25) is 0 Å². The predicted octanol–water partition coefficient (Wildman–Crippen LogP) is 2.35. The average Bonchev–Trinajstić information content (AvgIpc) is 2.90. The van der Waals surface area contributed by atoms with E-state index in [0.29, 0.717) is 0 Å². The van der Waals surface area contributed by atoms with Crippen molar-refractivity contribution in [1.29, 1.82) is 0 Å². The SMILES string of the molecule is Cc1nc2c(C3(N)CC3)cccn2c1Br. The van der Waals surface area contributed by atoms with E-state index in [1.165, 1.54) is 5.56 Å². The standard InChI is InChI=1S/C11H12BrN3/c1-7-9(12)15-6-2-3-8(10(15)14-7)11(13)4-5-11/h2-3,6H,4-5,13H2,1H3. The van der Waals surface area contributed by atoms with E-state index in [-0.39, 0.29) is 5.54 Å². The third kappa shape index (κ3) is 1.25. The first kappa shape index (κ1) is 9.36. The van der Waals surface area contributed by atoms with Gasteiger partial charge in [0, 0.05) is 17.3 Å². The zero-order valence-corrected chi connectivity index (χ0v) is 10.1. The highest BCUT2D eigenvalue weighted by Gasteiger charge is 2.42. The normalized spacial score (nSPS) is 18.3. The number of fused-ring (bicyclic) bond motifs is 1. The summed E-state index contributed by atoms with van der Waals surface area (Å²) in [7, 11) is 0. The van der Waals surface area contributed by atoms with Gasteiger partial charge in [0.25, 0.3) is 0 Å². The van der Waals surface area contributed by atoms with Crippen LogP contribution in [0.2, 0.25) is 0 Å². The molecule has 0 amide bonds. The van der Waals surface area contributed by atoms with Crippen LogP contribution in [0.3, 0.4) is 0 Å². The van der Waals surface area contributed by atoms with E-state index in [4.69, 9.17) is 5.73 Å². The van der Waals surface area contributed by atoms with Crippen LogP contribution < -0.4 is 5.73 Å². The molecule has 1 saturated carbocycles. The number of hydrogen-bond donors (Lipinski definition) is 1. The minimum absolute atomic E-state index is 0.125. The number of aromatic nitrogens is 2. The van der Waals surface area contributed by atoms with Crippen molar-refractivity contribution >= 4 is 21.6 Å². The Morgan fingerprint density at radius 3 is 2.93 bits per heavy atom. The van der Waals surface area contributed by atoms with Gasteiger partial charge in [-0.2, -0.15) is 0 Å². The molecule has 4 heteroatoms. The minimum Gasteiger partial charge on any atom is -0.321 e. The van der Waals surface area contributed by atoms with Crippen molar-refractivity contribution in [2.75, 3.05) is 0 Å². The van der Waals surface area contributed by atoms with Gasteiger partial charge in [-0.3, -0.25) is 4.40 Å². The molecule has 0 aromatic carbocycles. The smallest absolute Gasteiger partial charge is 0.143 e. The highest BCUT2D eigenvalue weighted by molar-refractivity contribution is 9.10. The van der Waals surface area contributed by atoms with Crippen molar-refractivity contribution in [2.24, 2.45) is 5.73 Å². The maximum atomic E-state index is 6.22. The zero-order chi connectivity index (χ0) is 10.6. The second-order valence-corrected chi connectivity index (χ2v) is 5.01. The van der Waals surface area contributed by atoms with Crippen LogP contribution in [0.5, 0.6) is 0 Å². The summed E-state index contributed by atoms with van der Waals surface area (Å²) in [4.78, 5) is 4.56. The van der Waals surface area contributed by atoms with Crippen molar-refractivity contribution in [3.63, 3.8) is 0 Å². The maximum absolute atomic E-state index is 6.22. The summed E-state index contributed by atoms with van der Waals surface area (Å²) in [6.45, 7) is 2.00. The van der Waals surface area contributed by atoms with Gasteiger partial charge in [-0.25, -0.2) is 4.98 Å². The highest BCUT2D eigenvalue weighted by atomic mass is 79.9. The number of aryl methyl sites for hydroxylation is 1. The number of nitrogens with two attached hydrogens (primary N) is 1. The number of hydrogen-bond acceptors (Lipinski definition) is 2. The summed E-state index contributed by atoms with van der Waals surface area (Å²) in [5.41, 5.74) is 9.26. The van der Waals surface area contributed by atoms with Crippen molar-refractivity contribution < 1.29 is 0 Å². The zero-order valence-electron chi connectivity index (χ0n) is 8.50. The lowest BCUT2D eigenvalue weighted by atomic mass is 10.1. The molecule has 0 bridgehead atoms. The van der Waals surface area contributed by atoms with Gasteiger partial charge >= 0.3 is 0 Å². The van der Waals surface area contributed by atoms with Gasteiger partial charge in [-0.1, -0.05) is 6.07 Å². The van der Waals surface area contributed by atoms with E-state index in [2.05, 4.69) is 31.4 Å². The molecule has 3 rings (SSSR count). The molecule has 2 N–H and O–H groups in total. The predicted molar refractivity (Wildman–Crippen MR) is 62.7 cm³/mol. The highest BCUT2D eigenvalue weighted by Crippen LogP contribution is 2.44. The molecular weight excluding hydrogens is 254 g/mol. The van der Waals surface area contributed by atoms with Crippen LogP contribution in [-0.2, 0) is 5.54 Å². The van der Waals surface area contributed by atoms with Crippen LogP contribution in [0.4, 0.5) is 0 Å². The molecule has 78 valence electrons.